The van der Waals surface area contributed by atoms with Crippen LogP contribution in [-0.2, 0) is 10.8 Å². The lowest BCUT2D eigenvalue weighted by Gasteiger charge is -2.12. The minimum absolute atomic E-state index is 0.191. The first-order chi connectivity index (χ1) is 7.91. The summed E-state index contributed by atoms with van der Waals surface area (Å²) in [5.74, 6) is 0.231. The second-order valence-electron chi connectivity index (χ2n) is 4.45. The van der Waals surface area contributed by atoms with Gasteiger partial charge in [0.2, 0.25) is 0 Å². The summed E-state index contributed by atoms with van der Waals surface area (Å²) in [5, 5.41) is -0.539. The third-order valence-electron chi connectivity index (χ3n) is 2.39. The zero-order chi connectivity index (χ0) is 13.0. The second-order valence-corrected chi connectivity index (χ2v) is 6.26. The second kappa shape index (κ2) is 6.05. The van der Waals surface area contributed by atoms with Crippen LogP contribution in [0.25, 0.3) is 0 Å². The lowest BCUT2D eigenvalue weighted by Crippen LogP contribution is -2.26. The number of carbonyl (C=O) groups is 1. The first-order valence-corrected chi connectivity index (χ1v) is 6.97. The fourth-order valence-electron chi connectivity index (χ4n) is 1.44. The van der Waals surface area contributed by atoms with Crippen LogP contribution in [0.15, 0.2) is 24.3 Å². The van der Waals surface area contributed by atoms with E-state index < -0.39 is 16.0 Å². The summed E-state index contributed by atoms with van der Waals surface area (Å²) in [6.07, 6.45) is 0. The molecule has 0 saturated carbocycles. The highest BCUT2D eigenvalue weighted by atomic mass is 32.2. The van der Waals surface area contributed by atoms with E-state index in [1.807, 2.05) is 13.8 Å². The molecule has 0 aliphatic rings. The molecule has 1 aromatic rings. The summed E-state index contributed by atoms with van der Waals surface area (Å²) in [5.41, 5.74) is 0.413. The summed E-state index contributed by atoms with van der Waals surface area (Å²) in [6.45, 7) is 5.59. The van der Waals surface area contributed by atoms with Crippen LogP contribution in [0.4, 0.5) is 4.39 Å². The number of ketones is 1. The molecule has 0 aliphatic heterocycles. The van der Waals surface area contributed by atoms with Crippen molar-refractivity contribution in [1.82, 2.24) is 0 Å². The molecule has 0 spiro atoms. The van der Waals surface area contributed by atoms with E-state index in [4.69, 9.17) is 0 Å². The van der Waals surface area contributed by atoms with E-state index in [9.17, 15) is 13.4 Å². The lowest BCUT2D eigenvalue weighted by atomic mass is 10.1. The molecule has 4 heteroatoms. The van der Waals surface area contributed by atoms with Gasteiger partial charge in [0.05, 0.1) is 5.25 Å². The van der Waals surface area contributed by atoms with Gasteiger partial charge in [-0.2, -0.15) is 0 Å². The van der Waals surface area contributed by atoms with Crippen LogP contribution in [0.5, 0.6) is 0 Å². The molecule has 0 aromatic heterocycles. The Morgan fingerprint density at radius 2 is 1.76 bits per heavy atom. The van der Waals surface area contributed by atoms with E-state index >= 15 is 0 Å². The maximum Gasteiger partial charge on any atom is 0.178 e. The quantitative estimate of drug-likeness (QED) is 0.759. The lowest BCUT2D eigenvalue weighted by molar-refractivity contribution is 0.0992. The van der Waals surface area contributed by atoms with Gasteiger partial charge in [0.25, 0.3) is 0 Å². The zero-order valence-corrected chi connectivity index (χ0v) is 11.1. The van der Waals surface area contributed by atoms with E-state index in [0.29, 0.717) is 17.2 Å². The van der Waals surface area contributed by atoms with Crippen molar-refractivity contribution in [2.75, 3.05) is 5.75 Å². The summed E-state index contributed by atoms with van der Waals surface area (Å²) in [7, 11) is -1.17. The molecule has 2 nitrogen and oxygen atoms in total. The smallest absolute Gasteiger partial charge is 0.178 e. The predicted molar refractivity (Wildman–Crippen MR) is 68.0 cm³/mol. The molecule has 0 bridgehead atoms. The summed E-state index contributed by atoms with van der Waals surface area (Å²) in [6, 6.07) is 5.35. The molecule has 1 aromatic carbocycles. The largest absolute Gasteiger partial charge is 0.293 e. The average molecular weight is 256 g/mol. The number of hydrogen-bond donors (Lipinski definition) is 0. The SMILES string of the molecule is CC(C)CS(=O)C(C)C(=O)c1ccc(F)cc1. The molecule has 0 heterocycles. The average Bonchev–Trinajstić information content (AvgIpc) is 2.27. The summed E-state index contributed by atoms with van der Waals surface area (Å²) in [4.78, 5) is 12.0. The Labute approximate surface area is 104 Å². The van der Waals surface area contributed by atoms with Gasteiger partial charge in [0.15, 0.2) is 5.78 Å². The Bertz CT molecular complexity index is 412. The Balaban J connectivity index is 2.76. The highest BCUT2D eigenvalue weighted by molar-refractivity contribution is 7.86. The molecule has 17 heavy (non-hydrogen) atoms. The van der Waals surface area contributed by atoms with Crippen molar-refractivity contribution < 1.29 is 13.4 Å². The molecular weight excluding hydrogens is 239 g/mol. The molecule has 0 aliphatic carbocycles. The minimum atomic E-state index is -1.17. The van der Waals surface area contributed by atoms with Crippen molar-refractivity contribution in [2.45, 2.75) is 26.0 Å². The van der Waals surface area contributed by atoms with Crippen molar-refractivity contribution in [3.63, 3.8) is 0 Å². The number of Topliss-reactive ketones (excluding diaryl/α,β-unsaturated/α-hetero) is 1. The van der Waals surface area contributed by atoms with E-state index in [0.717, 1.165) is 0 Å². The van der Waals surface area contributed by atoms with Crippen molar-refractivity contribution in [1.29, 1.82) is 0 Å². The molecular formula is C13H17FO2S. The van der Waals surface area contributed by atoms with E-state index in [-0.39, 0.29) is 11.6 Å². The Morgan fingerprint density at radius 1 is 1.24 bits per heavy atom. The Morgan fingerprint density at radius 3 is 2.24 bits per heavy atom. The fourth-order valence-corrected chi connectivity index (χ4v) is 2.76. The molecule has 0 fully saturated rings. The normalized spacial score (nSPS) is 14.6. The van der Waals surface area contributed by atoms with Crippen LogP contribution in [0.2, 0.25) is 0 Å². The minimum Gasteiger partial charge on any atom is -0.293 e. The van der Waals surface area contributed by atoms with Crippen LogP contribution in [0, 0.1) is 11.7 Å². The maximum atomic E-state index is 12.7. The number of rotatable bonds is 5. The fraction of sp³-hybridized carbons (Fsp3) is 0.462. The van der Waals surface area contributed by atoms with Gasteiger partial charge in [-0.3, -0.25) is 9.00 Å². The molecule has 1 rings (SSSR count). The van der Waals surface area contributed by atoms with Gasteiger partial charge >= 0.3 is 0 Å². The maximum absolute atomic E-state index is 12.7. The summed E-state index contributed by atoms with van der Waals surface area (Å²) >= 11 is 0. The summed E-state index contributed by atoms with van der Waals surface area (Å²) < 4.78 is 24.6. The zero-order valence-electron chi connectivity index (χ0n) is 10.3. The van der Waals surface area contributed by atoms with E-state index in [2.05, 4.69) is 0 Å². The van der Waals surface area contributed by atoms with Crippen LogP contribution in [0.3, 0.4) is 0 Å². The number of hydrogen-bond acceptors (Lipinski definition) is 2. The number of halogens is 1. The standard InChI is InChI=1S/C13H17FO2S/c1-9(2)8-17(16)10(3)13(15)11-4-6-12(14)7-5-11/h4-7,9-10H,8H2,1-3H3. The monoisotopic (exact) mass is 256 g/mol. The van der Waals surface area contributed by atoms with Crippen LogP contribution in [0.1, 0.15) is 31.1 Å². The van der Waals surface area contributed by atoms with E-state index in [1.165, 1.54) is 24.3 Å². The van der Waals surface area contributed by atoms with Gasteiger partial charge in [-0.1, -0.05) is 13.8 Å². The topological polar surface area (TPSA) is 34.1 Å². The number of benzene rings is 1. The first kappa shape index (κ1) is 14.0. The molecule has 0 amide bonds. The molecule has 0 N–H and O–H groups in total. The van der Waals surface area contributed by atoms with Crippen LogP contribution in [-0.4, -0.2) is 21.0 Å². The van der Waals surface area contributed by atoms with E-state index in [1.54, 1.807) is 6.92 Å². The van der Waals surface area contributed by atoms with Gasteiger partial charge in [-0.15, -0.1) is 0 Å². The van der Waals surface area contributed by atoms with Gasteiger partial charge in [-0.05, 0) is 37.1 Å². The molecule has 2 atom stereocenters. The number of carbonyl (C=O) groups excluding carboxylic acids is 1. The molecule has 0 saturated heterocycles. The highest BCUT2D eigenvalue weighted by Crippen LogP contribution is 2.11. The predicted octanol–water partition coefficient (Wildman–Crippen LogP) is 2.80. The molecule has 0 radical (unpaired) electrons. The van der Waals surface area contributed by atoms with Crippen LogP contribution < -0.4 is 0 Å². The Kier molecular flexibility index (Phi) is 5.00. The van der Waals surface area contributed by atoms with Gasteiger partial charge in [0.1, 0.15) is 5.82 Å². The molecule has 2 unspecified atom stereocenters. The van der Waals surface area contributed by atoms with Crippen molar-refractivity contribution in [3.05, 3.63) is 35.6 Å². The van der Waals surface area contributed by atoms with Crippen molar-refractivity contribution in [3.8, 4) is 0 Å². The Hall–Kier alpha value is -1.03. The molecule has 94 valence electrons. The van der Waals surface area contributed by atoms with Crippen molar-refractivity contribution >= 4 is 16.6 Å². The highest BCUT2D eigenvalue weighted by Gasteiger charge is 2.21. The first-order valence-electron chi connectivity index (χ1n) is 5.58. The third kappa shape index (κ3) is 4.04. The van der Waals surface area contributed by atoms with Gasteiger partial charge in [0, 0.05) is 22.1 Å². The van der Waals surface area contributed by atoms with Crippen LogP contribution >= 0.6 is 0 Å². The van der Waals surface area contributed by atoms with Gasteiger partial charge < -0.3 is 0 Å². The van der Waals surface area contributed by atoms with Crippen molar-refractivity contribution in [2.24, 2.45) is 5.92 Å². The third-order valence-corrected chi connectivity index (χ3v) is 4.39. The van der Waals surface area contributed by atoms with Gasteiger partial charge in [-0.25, -0.2) is 4.39 Å².